The van der Waals surface area contributed by atoms with Crippen LogP contribution in [-0.4, -0.2) is 38.3 Å². The first kappa shape index (κ1) is 28.6. The largest absolute Gasteiger partial charge is 0.496 e. The van der Waals surface area contributed by atoms with Gasteiger partial charge < -0.3 is 23.3 Å². The van der Waals surface area contributed by atoms with Gasteiger partial charge in [0, 0.05) is 44.7 Å². The average molecular weight is 598 g/mol. The number of thiophene rings is 1. The van der Waals surface area contributed by atoms with Crippen molar-refractivity contribution in [3.8, 4) is 33.4 Å². The van der Waals surface area contributed by atoms with Gasteiger partial charge in [0.05, 0.1) is 13.7 Å². The fourth-order valence-electron chi connectivity index (χ4n) is 5.09. The fourth-order valence-corrected chi connectivity index (χ4v) is 6.72. The van der Waals surface area contributed by atoms with Crippen molar-refractivity contribution in [1.82, 2.24) is 4.90 Å². The van der Waals surface area contributed by atoms with Crippen LogP contribution in [0.25, 0.3) is 20.5 Å². The van der Waals surface area contributed by atoms with Gasteiger partial charge in [0.25, 0.3) is 0 Å². The Hall–Kier alpha value is -3.49. The molecule has 0 atom stereocenters. The molecule has 0 N–H and O–H groups in total. The smallest absolute Gasteiger partial charge is 0.170 e. The van der Waals surface area contributed by atoms with Crippen LogP contribution in [0.2, 0.25) is 0 Å². The molecular weight excluding hydrogens is 563 g/mol. The summed E-state index contributed by atoms with van der Waals surface area (Å²) in [5, 5.41) is 1.21. The molecule has 4 aromatic carbocycles. The predicted molar refractivity (Wildman–Crippen MR) is 173 cm³/mol. The van der Waals surface area contributed by atoms with Crippen LogP contribution >= 0.6 is 23.4 Å². The van der Waals surface area contributed by atoms with Crippen LogP contribution in [0.15, 0.2) is 102 Å². The summed E-state index contributed by atoms with van der Waals surface area (Å²) in [6, 6.07) is 32.7. The number of fused-ring (bicyclic) bond motifs is 1. The molecule has 0 spiro atoms. The van der Waals surface area contributed by atoms with E-state index in [-0.39, 0.29) is 0 Å². The molecule has 0 aliphatic carbocycles. The zero-order chi connectivity index (χ0) is 28.6. The number of ether oxygens (including phenoxy) is 3. The van der Waals surface area contributed by atoms with Crippen molar-refractivity contribution < 1.29 is 18.4 Å². The molecule has 5 aromatic rings. The Kier molecular flexibility index (Phi) is 9.62. The molecule has 1 aromatic heterocycles. The second-order valence-electron chi connectivity index (χ2n) is 10.3. The SMILES string of the molecule is COc1cc(OCc2ccccc2)c(Oc2ccc(SOCCN3CCCCC3)cc2)cc1-c1cc2ccccc2s1. The molecule has 42 heavy (non-hydrogen) atoms. The first-order valence-electron chi connectivity index (χ1n) is 14.4. The van der Waals surface area contributed by atoms with Crippen molar-refractivity contribution in [3.63, 3.8) is 0 Å². The molecule has 1 saturated heterocycles. The van der Waals surface area contributed by atoms with E-state index in [2.05, 4.69) is 35.2 Å². The molecule has 7 heteroatoms. The number of hydrogen-bond donors (Lipinski definition) is 0. The van der Waals surface area contributed by atoms with Crippen molar-refractivity contribution in [2.45, 2.75) is 30.8 Å². The Morgan fingerprint density at radius 2 is 1.57 bits per heavy atom. The molecule has 0 radical (unpaired) electrons. The number of nitrogens with zero attached hydrogens (tertiary/aromatic N) is 1. The lowest BCUT2D eigenvalue weighted by Gasteiger charge is -2.25. The van der Waals surface area contributed by atoms with Crippen molar-refractivity contribution >= 4 is 33.5 Å². The Labute approximate surface area is 256 Å². The Balaban J connectivity index is 1.20. The Bertz CT molecular complexity index is 1550. The van der Waals surface area contributed by atoms with Gasteiger partial charge in [0.2, 0.25) is 0 Å². The lowest BCUT2D eigenvalue weighted by Crippen LogP contribution is -2.32. The fraction of sp³-hybridized carbons (Fsp3) is 0.257. The summed E-state index contributed by atoms with van der Waals surface area (Å²) in [4.78, 5) is 4.64. The highest BCUT2D eigenvalue weighted by atomic mass is 32.2. The third kappa shape index (κ3) is 7.28. The summed E-state index contributed by atoms with van der Waals surface area (Å²) < 4.78 is 25.7. The van der Waals surface area contributed by atoms with E-state index in [4.69, 9.17) is 18.4 Å². The minimum Gasteiger partial charge on any atom is -0.496 e. The van der Waals surface area contributed by atoms with E-state index >= 15 is 0 Å². The first-order chi connectivity index (χ1) is 20.7. The van der Waals surface area contributed by atoms with Gasteiger partial charge in [-0.25, -0.2) is 0 Å². The second-order valence-corrected chi connectivity index (χ2v) is 12.3. The highest BCUT2D eigenvalue weighted by Crippen LogP contribution is 2.45. The maximum absolute atomic E-state index is 6.46. The van der Waals surface area contributed by atoms with Crippen molar-refractivity contribution in [1.29, 1.82) is 0 Å². The number of methoxy groups -OCH3 is 1. The van der Waals surface area contributed by atoms with Crippen LogP contribution in [0.3, 0.4) is 0 Å². The third-order valence-electron chi connectivity index (χ3n) is 7.34. The molecule has 0 unspecified atom stereocenters. The maximum atomic E-state index is 6.46. The summed E-state index contributed by atoms with van der Waals surface area (Å²) in [7, 11) is 1.69. The van der Waals surface area contributed by atoms with Gasteiger partial charge in [-0.2, -0.15) is 0 Å². The van der Waals surface area contributed by atoms with Crippen LogP contribution in [-0.2, 0) is 10.8 Å². The number of piperidine rings is 1. The van der Waals surface area contributed by atoms with E-state index in [1.807, 2.05) is 66.7 Å². The second kappa shape index (κ2) is 14.1. The summed E-state index contributed by atoms with van der Waals surface area (Å²) in [5.41, 5.74) is 2.05. The molecule has 1 aliphatic rings. The highest BCUT2D eigenvalue weighted by Gasteiger charge is 2.18. The van der Waals surface area contributed by atoms with Crippen LogP contribution < -0.4 is 14.2 Å². The van der Waals surface area contributed by atoms with E-state index < -0.39 is 0 Å². The number of rotatable bonds is 12. The lowest BCUT2D eigenvalue weighted by molar-refractivity contribution is 0.194. The van der Waals surface area contributed by atoms with E-state index in [1.165, 1.54) is 54.5 Å². The maximum Gasteiger partial charge on any atom is 0.170 e. The van der Waals surface area contributed by atoms with Crippen LogP contribution in [0.4, 0.5) is 0 Å². The summed E-state index contributed by atoms with van der Waals surface area (Å²) in [6.07, 6.45) is 3.95. The molecule has 2 heterocycles. The molecular formula is C35H35NO4S2. The summed E-state index contributed by atoms with van der Waals surface area (Å²) in [6.45, 7) is 4.50. The molecule has 6 rings (SSSR count). The van der Waals surface area contributed by atoms with Gasteiger partial charge in [-0.15, -0.1) is 11.3 Å². The molecule has 1 aliphatic heterocycles. The molecule has 0 saturated carbocycles. The zero-order valence-electron chi connectivity index (χ0n) is 23.8. The Morgan fingerprint density at radius 3 is 2.36 bits per heavy atom. The minimum atomic E-state index is 0.424. The topological polar surface area (TPSA) is 40.2 Å². The van der Waals surface area contributed by atoms with E-state index in [9.17, 15) is 0 Å². The van der Waals surface area contributed by atoms with Gasteiger partial charge in [0.1, 0.15) is 18.1 Å². The number of benzene rings is 4. The molecule has 0 bridgehead atoms. The molecule has 5 nitrogen and oxygen atoms in total. The van der Waals surface area contributed by atoms with E-state index in [1.54, 1.807) is 18.4 Å². The predicted octanol–water partition coefficient (Wildman–Crippen LogP) is 9.46. The monoisotopic (exact) mass is 597 g/mol. The average Bonchev–Trinajstić information content (AvgIpc) is 3.48. The van der Waals surface area contributed by atoms with Crippen molar-refractivity contribution in [2.24, 2.45) is 0 Å². The number of likely N-dealkylation sites (tertiary alicyclic amines) is 1. The van der Waals surface area contributed by atoms with Crippen molar-refractivity contribution in [2.75, 3.05) is 33.4 Å². The van der Waals surface area contributed by atoms with Crippen LogP contribution in [0.5, 0.6) is 23.0 Å². The van der Waals surface area contributed by atoms with Crippen LogP contribution in [0.1, 0.15) is 24.8 Å². The van der Waals surface area contributed by atoms with Gasteiger partial charge >= 0.3 is 0 Å². The summed E-state index contributed by atoms with van der Waals surface area (Å²) >= 11 is 3.15. The molecule has 0 amide bonds. The number of hydrogen-bond acceptors (Lipinski definition) is 7. The van der Waals surface area contributed by atoms with Crippen molar-refractivity contribution in [3.05, 3.63) is 103 Å². The van der Waals surface area contributed by atoms with Gasteiger partial charge in [-0.3, -0.25) is 0 Å². The van der Waals surface area contributed by atoms with Crippen LogP contribution in [0, 0.1) is 0 Å². The third-order valence-corrected chi connectivity index (χ3v) is 9.24. The summed E-state index contributed by atoms with van der Waals surface area (Å²) in [5.74, 6) is 2.73. The van der Waals surface area contributed by atoms with Gasteiger partial charge in [-0.05, 0) is 79.3 Å². The standard InChI is InChI=1S/C35H35NO4S2/c1-37-31-24-32(38-25-26-10-4-2-5-11-26)33(23-30(31)35-22-27-12-6-7-13-34(27)41-35)40-28-14-16-29(17-15-28)42-39-21-20-36-18-8-3-9-19-36/h2,4-7,10-17,22-24H,3,8-9,18-21,25H2,1H3. The first-order valence-corrected chi connectivity index (χ1v) is 16.0. The molecule has 1 fully saturated rings. The quantitative estimate of drug-likeness (QED) is 0.105. The minimum absolute atomic E-state index is 0.424. The van der Waals surface area contributed by atoms with Gasteiger partial charge in [0.15, 0.2) is 11.5 Å². The normalized spacial score (nSPS) is 13.7. The highest BCUT2D eigenvalue weighted by molar-refractivity contribution is 7.94. The van der Waals surface area contributed by atoms with E-state index in [0.717, 1.165) is 45.6 Å². The van der Waals surface area contributed by atoms with Gasteiger partial charge in [-0.1, -0.05) is 55.0 Å². The zero-order valence-corrected chi connectivity index (χ0v) is 25.4. The molecule has 216 valence electrons. The lowest BCUT2D eigenvalue weighted by atomic mass is 10.1. The van der Waals surface area contributed by atoms with E-state index in [0.29, 0.717) is 18.1 Å². The Morgan fingerprint density at radius 1 is 0.786 bits per heavy atom.